The Balaban J connectivity index is 2.04. The molecule has 0 spiro atoms. The van der Waals surface area contributed by atoms with E-state index in [2.05, 4.69) is 4.98 Å². The third-order valence-electron chi connectivity index (χ3n) is 3.73. The molecular weight excluding hydrogens is 304 g/mol. The maximum Gasteiger partial charge on any atom is 0.354 e. The zero-order valence-corrected chi connectivity index (χ0v) is 13.6. The summed E-state index contributed by atoms with van der Waals surface area (Å²) < 4.78 is 5.91. The van der Waals surface area contributed by atoms with Gasteiger partial charge in [0.2, 0.25) is 0 Å². The van der Waals surface area contributed by atoms with Crippen molar-refractivity contribution in [2.45, 2.75) is 6.61 Å². The number of anilines is 1. The number of aromatic carboxylic acids is 1. The molecule has 3 aromatic rings. The maximum absolute atomic E-state index is 11.3. The van der Waals surface area contributed by atoms with Gasteiger partial charge < -0.3 is 14.7 Å². The van der Waals surface area contributed by atoms with Crippen LogP contribution in [0.1, 0.15) is 16.1 Å². The summed E-state index contributed by atoms with van der Waals surface area (Å²) in [5.74, 6) is -0.553. The number of carboxylic acid groups (broad SMARTS) is 1. The summed E-state index contributed by atoms with van der Waals surface area (Å²) in [6, 6.07) is 16.9. The summed E-state index contributed by atoms with van der Waals surface area (Å²) in [6.45, 7) is 0.366. The van der Waals surface area contributed by atoms with Crippen molar-refractivity contribution in [2.24, 2.45) is 0 Å². The largest absolute Gasteiger partial charge is 0.488 e. The number of carboxylic acids is 1. The van der Waals surface area contributed by atoms with Crippen molar-refractivity contribution in [3.8, 4) is 5.75 Å². The second kappa shape index (κ2) is 6.58. The molecular formula is C19H18N2O3. The Kier molecular flexibility index (Phi) is 4.33. The van der Waals surface area contributed by atoms with Crippen LogP contribution >= 0.6 is 0 Å². The highest BCUT2D eigenvalue weighted by Gasteiger charge is 2.13. The Hall–Kier alpha value is -3.08. The number of benzene rings is 2. The number of fused-ring (bicyclic) bond motifs is 1. The monoisotopic (exact) mass is 322 g/mol. The van der Waals surface area contributed by atoms with Gasteiger partial charge in [-0.1, -0.05) is 30.3 Å². The fourth-order valence-corrected chi connectivity index (χ4v) is 2.43. The Bertz CT molecular complexity index is 876. The molecule has 0 aliphatic carbocycles. The van der Waals surface area contributed by atoms with Crippen LogP contribution in [0.15, 0.2) is 54.6 Å². The molecule has 3 rings (SSSR count). The lowest BCUT2D eigenvalue weighted by atomic mass is 10.1. The molecule has 1 N–H and O–H groups in total. The minimum absolute atomic E-state index is 0.0248. The van der Waals surface area contributed by atoms with Crippen molar-refractivity contribution in [3.63, 3.8) is 0 Å². The van der Waals surface area contributed by atoms with Crippen molar-refractivity contribution in [3.05, 3.63) is 65.9 Å². The summed E-state index contributed by atoms with van der Waals surface area (Å²) in [6.07, 6.45) is 0. The van der Waals surface area contributed by atoms with Gasteiger partial charge in [0.25, 0.3) is 0 Å². The van der Waals surface area contributed by atoms with Crippen LogP contribution in [-0.4, -0.2) is 30.2 Å². The lowest BCUT2D eigenvalue weighted by Crippen LogP contribution is -2.09. The average molecular weight is 322 g/mol. The Morgan fingerprint density at radius 2 is 1.88 bits per heavy atom. The second-order valence-electron chi connectivity index (χ2n) is 5.68. The SMILES string of the molecule is CN(C)c1ccc2nc(C(=O)O)cc(OCc3ccccc3)c2c1. The zero-order chi connectivity index (χ0) is 17.1. The van der Waals surface area contributed by atoms with Gasteiger partial charge in [0.15, 0.2) is 5.69 Å². The molecule has 5 heteroatoms. The van der Waals surface area contributed by atoms with Gasteiger partial charge >= 0.3 is 5.97 Å². The molecule has 0 amide bonds. The molecule has 122 valence electrons. The number of aromatic nitrogens is 1. The summed E-state index contributed by atoms with van der Waals surface area (Å²) in [5.41, 5.74) is 2.59. The lowest BCUT2D eigenvalue weighted by molar-refractivity contribution is 0.0690. The molecule has 2 aromatic carbocycles. The molecule has 0 bridgehead atoms. The summed E-state index contributed by atoms with van der Waals surface area (Å²) >= 11 is 0. The van der Waals surface area contributed by atoms with E-state index in [0.717, 1.165) is 16.6 Å². The van der Waals surface area contributed by atoms with Gasteiger partial charge in [-0.15, -0.1) is 0 Å². The highest BCUT2D eigenvalue weighted by molar-refractivity contribution is 5.94. The smallest absolute Gasteiger partial charge is 0.354 e. The van der Waals surface area contributed by atoms with Crippen LogP contribution in [0.2, 0.25) is 0 Å². The molecule has 0 unspecified atom stereocenters. The first-order valence-electron chi connectivity index (χ1n) is 7.57. The maximum atomic E-state index is 11.3. The average Bonchev–Trinajstić information content (AvgIpc) is 2.59. The lowest BCUT2D eigenvalue weighted by Gasteiger charge is -2.15. The molecule has 0 aliphatic heterocycles. The van der Waals surface area contributed by atoms with Gasteiger partial charge in [0.05, 0.1) is 5.52 Å². The minimum atomic E-state index is -1.07. The second-order valence-corrected chi connectivity index (χ2v) is 5.68. The van der Waals surface area contributed by atoms with Gasteiger partial charge in [-0.25, -0.2) is 9.78 Å². The van der Waals surface area contributed by atoms with Crippen LogP contribution < -0.4 is 9.64 Å². The van der Waals surface area contributed by atoms with Crippen molar-refractivity contribution < 1.29 is 14.6 Å². The number of nitrogens with zero attached hydrogens (tertiary/aromatic N) is 2. The minimum Gasteiger partial charge on any atom is -0.488 e. The van der Waals surface area contributed by atoms with Crippen LogP contribution in [0.4, 0.5) is 5.69 Å². The Labute approximate surface area is 140 Å². The molecule has 0 atom stereocenters. The molecule has 24 heavy (non-hydrogen) atoms. The van der Waals surface area contributed by atoms with Crippen LogP contribution in [0.25, 0.3) is 10.9 Å². The number of rotatable bonds is 5. The van der Waals surface area contributed by atoms with E-state index < -0.39 is 5.97 Å². The third kappa shape index (κ3) is 3.30. The van der Waals surface area contributed by atoms with Crippen molar-refractivity contribution in [1.82, 2.24) is 4.98 Å². The van der Waals surface area contributed by atoms with Crippen molar-refractivity contribution >= 4 is 22.6 Å². The number of carbonyl (C=O) groups is 1. The van der Waals surface area contributed by atoms with E-state index in [4.69, 9.17) is 4.74 Å². The summed E-state index contributed by atoms with van der Waals surface area (Å²) in [5, 5.41) is 10.1. The molecule has 1 aromatic heterocycles. The van der Waals surface area contributed by atoms with E-state index in [-0.39, 0.29) is 5.69 Å². The first-order valence-corrected chi connectivity index (χ1v) is 7.57. The number of pyridine rings is 1. The summed E-state index contributed by atoms with van der Waals surface area (Å²) in [7, 11) is 3.90. The molecule has 0 saturated heterocycles. The molecule has 0 fully saturated rings. The molecule has 0 radical (unpaired) electrons. The van der Waals surface area contributed by atoms with Gasteiger partial charge in [-0.05, 0) is 23.8 Å². The standard InChI is InChI=1S/C19H18N2O3/c1-21(2)14-8-9-16-15(10-14)18(11-17(20-16)19(22)23)24-12-13-6-4-3-5-7-13/h3-11H,12H2,1-2H3,(H,22,23). The fourth-order valence-electron chi connectivity index (χ4n) is 2.43. The number of hydrogen-bond acceptors (Lipinski definition) is 4. The molecule has 0 saturated carbocycles. The topological polar surface area (TPSA) is 62.7 Å². The Morgan fingerprint density at radius 3 is 2.54 bits per heavy atom. The van der Waals surface area contributed by atoms with Crippen LogP contribution in [-0.2, 0) is 6.61 Å². The van der Waals surface area contributed by atoms with E-state index in [0.29, 0.717) is 17.9 Å². The van der Waals surface area contributed by atoms with Crippen molar-refractivity contribution in [2.75, 3.05) is 19.0 Å². The van der Waals surface area contributed by atoms with E-state index in [1.54, 1.807) is 0 Å². The van der Waals surface area contributed by atoms with Gasteiger partial charge in [-0.2, -0.15) is 0 Å². The predicted molar refractivity (Wildman–Crippen MR) is 93.8 cm³/mol. The van der Waals surface area contributed by atoms with E-state index in [1.165, 1.54) is 6.07 Å². The molecule has 0 aliphatic rings. The van der Waals surface area contributed by atoms with Gasteiger partial charge in [0, 0.05) is 31.2 Å². The molecule has 1 heterocycles. The van der Waals surface area contributed by atoms with E-state index >= 15 is 0 Å². The first kappa shape index (κ1) is 15.8. The van der Waals surface area contributed by atoms with Crippen molar-refractivity contribution in [1.29, 1.82) is 0 Å². The number of ether oxygens (including phenoxy) is 1. The third-order valence-corrected chi connectivity index (χ3v) is 3.73. The summed E-state index contributed by atoms with van der Waals surface area (Å²) in [4.78, 5) is 17.5. The predicted octanol–water partition coefficient (Wildman–Crippen LogP) is 3.58. The van der Waals surface area contributed by atoms with Crippen LogP contribution in [0, 0.1) is 0 Å². The fraction of sp³-hybridized carbons (Fsp3) is 0.158. The normalized spacial score (nSPS) is 10.6. The van der Waals surface area contributed by atoms with E-state index in [1.807, 2.05) is 67.5 Å². The Morgan fingerprint density at radius 1 is 1.12 bits per heavy atom. The molecule has 5 nitrogen and oxygen atoms in total. The highest BCUT2D eigenvalue weighted by Crippen LogP contribution is 2.29. The van der Waals surface area contributed by atoms with Crippen LogP contribution in [0.3, 0.4) is 0 Å². The van der Waals surface area contributed by atoms with Crippen LogP contribution in [0.5, 0.6) is 5.75 Å². The van der Waals surface area contributed by atoms with E-state index in [9.17, 15) is 9.90 Å². The highest BCUT2D eigenvalue weighted by atomic mass is 16.5. The van der Waals surface area contributed by atoms with Gasteiger partial charge in [0.1, 0.15) is 12.4 Å². The van der Waals surface area contributed by atoms with Gasteiger partial charge in [-0.3, -0.25) is 0 Å². The first-order chi connectivity index (χ1) is 11.5. The quantitative estimate of drug-likeness (QED) is 0.778. The zero-order valence-electron chi connectivity index (χ0n) is 13.6. The number of hydrogen-bond donors (Lipinski definition) is 1.